The van der Waals surface area contributed by atoms with Crippen molar-refractivity contribution in [2.45, 2.75) is 52.6 Å². The van der Waals surface area contributed by atoms with Crippen LogP contribution in [-0.2, 0) is 23.2 Å². The highest BCUT2D eigenvalue weighted by Crippen LogP contribution is 2.48. The van der Waals surface area contributed by atoms with Crippen LogP contribution in [0.2, 0.25) is 0 Å². The van der Waals surface area contributed by atoms with E-state index >= 15 is 0 Å². The molecule has 4 N–H and O–H groups in total. The molecule has 0 amide bonds. The van der Waals surface area contributed by atoms with Crippen molar-refractivity contribution in [3.63, 3.8) is 0 Å². The fourth-order valence-corrected chi connectivity index (χ4v) is 5.95. The van der Waals surface area contributed by atoms with Crippen molar-refractivity contribution in [1.82, 2.24) is 24.6 Å². The van der Waals surface area contributed by atoms with Crippen molar-refractivity contribution >= 4 is 47.7 Å². The normalized spacial score (nSPS) is 20.5. The van der Waals surface area contributed by atoms with Gasteiger partial charge in [0.1, 0.15) is 6.04 Å². The molecule has 0 saturated heterocycles. The van der Waals surface area contributed by atoms with Gasteiger partial charge in [-0.1, -0.05) is 32.5 Å². The van der Waals surface area contributed by atoms with Gasteiger partial charge in [-0.25, -0.2) is 14.6 Å². The number of imidazole rings is 1. The largest absolute Gasteiger partial charge is 0.480 e. The molecule has 36 heavy (non-hydrogen) atoms. The smallest absolute Gasteiger partial charge is 0.406 e. The van der Waals surface area contributed by atoms with Gasteiger partial charge in [0.15, 0.2) is 16.3 Å². The lowest BCUT2D eigenvalue weighted by Crippen LogP contribution is -2.34. The molecule has 13 nitrogen and oxygen atoms in total. The summed E-state index contributed by atoms with van der Waals surface area (Å²) in [4.78, 5) is 36.0. The van der Waals surface area contributed by atoms with Crippen LogP contribution in [0, 0.1) is 11.3 Å². The van der Waals surface area contributed by atoms with Gasteiger partial charge in [0.05, 0.1) is 26.7 Å². The van der Waals surface area contributed by atoms with E-state index in [0.717, 1.165) is 11.8 Å². The predicted octanol–water partition coefficient (Wildman–Crippen LogP) is 2.88. The second-order valence-electron chi connectivity index (χ2n) is 9.61. The van der Waals surface area contributed by atoms with Crippen LogP contribution in [0.25, 0.3) is 11.2 Å². The Hall–Kier alpha value is -2.25. The number of carbonyl (C=O) groups excluding carboxylic acids is 1. The van der Waals surface area contributed by atoms with Crippen LogP contribution in [0.15, 0.2) is 6.33 Å². The second kappa shape index (κ2) is 11.4. The molecule has 2 aromatic rings. The van der Waals surface area contributed by atoms with E-state index in [1.807, 2.05) is 25.3 Å². The van der Waals surface area contributed by atoms with Crippen LogP contribution >= 0.6 is 19.5 Å². The molecule has 0 radical (unpaired) electrons. The van der Waals surface area contributed by atoms with Crippen LogP contribution in [0.3, 0.4) is 0 Å². The van der Waals surface area contributed by atoms with E-state index < -0.39 is 25.2 Å². The average molecular weight is 545 g/mol. The highest BCUT2D eigenvalue weighted by molar-refractivity contribution is 8.13. The van der Waals surface area contributed by atoms with Gasteiger partial charge in [0.2, 0.25) is 11.8 Å². The number of aliphatic carboxylic acids is 1. The number of carbonyl (C=O) groups is 2. The number of nitrogen functional groups attached to an aromatic ring is 1. The Morgan fingerprint density at radius 1 is 1.33 bits per heavy atom. The molecular weight excluding hydrogens is 511 g/mol. The maximum atomic E-state index is 13.2. The summed E-state index contributed by atoms with van der Waals surface area (Å²) < 4.78 is 31.4. The molecule has 1 unspecified atom stereocenters. The number of carboxylic acids is 1. The quantitative estimate of drug-likeness (QED) is 0.262. The number of fused-ring (bicyclic) bond motifs is 1. The number of ether oxygens (including phenoxy) is 1. The van der Waals surface area contributed by atoms with Crippen LogP contribution in [0.4, 0.5) is 5.95 Å². The van der Waals surface area contributed by atoms with Crippen molar-refractivity contribution in [1.29, 1.82) is 0 Å². The molecule has 1 fully saturated rings. The number of nitrogens with two attached hydrogens (primary N) is 1. The van der Waals surface area contributed by atoms with Crippen molar-refractivity contribution in [2.24, 2.45) is 11.3 Å². The summed E-state index contributed by atoms with van der Waals surface area (Å²) in [5.41, 5.74) is 6.35. The van der Waals surface area contributed by atoms with Crippen molar-refractivity contribution in [3.05, 3.63) is 6.33 Å². The second-order valence-corrected chi connectivity index (χ2v) is 12.4. The number of nitrogens with one attached hydrogen (secondary N) is 1. The lowest BCUT2D eigenvalue weighted by atomic mass is 9.81. The first-order chi connectivity index (χ1) is 16.8. The molecule has 0 aromatic carbocycles. The Labute approximate surface area is 213 Å². The SMILES string of the molecule is COc1nc(N)nc2c1ncn2[C@H]1C[C@@H](COP(=O)(N[C@@H](C)C(=O)O)OCCSC(=O)C(C)(C)C)C1. The Morgan fingerprint density at radius 3 is 2.64 bits per heavy atom. The molecule has 0 bridgehead atoms. The maximum Gasteiger partial charge on any atom is 0.406 e. The van der Waals surface area contributed by atoms with Crippen molar-refractivity contribution < 1.29 is 33.0 Å². The number of rotatable bonds is 12. The first-order valence-electron chi connectivity index (χ1n) is 11.4. The zero-order valence-electron chi connectivity index (χ0n) is 21.0. The Morgan fingerprint density at radius 2 is 2.03 bits per heavy atom. The third kappa shape index (κ3) is 6.94. The minimum Gasteiger partial charge on any atom is -0.480 e. The van der Waals surface area contributed by atoms with Gasteiger partial charge in [-0.2, -0.15) is 9.97 Å². The summed E-state index contributed by atoms with van der Waals surface area (Å²) in [6, 6.07) is -1.07. The molecule has 2 aromatic heterocycles. The van der Waals surface area contributed by atoms with E-state index in [1.54, 1.807) is 6.33 Å². The first kappa shape index (κ1) is 28.3. The van der Waals surface area contributed by atoms with E-state index in [9.17, 15) is 19.3 Å². The third-order valence-corrected chi connectivity index (χ3v) is 8.56. The molecule has 200 valence electrons. The fourth-order valence-electron chi connectivity index (χ4n) is 3.50. The monoisotopic (exact) mass is 544 g/mol. The molecule has 0 spiro atoms. The number of carboxylic acid groups (broad SMARTS) is 1. The molecule has 3 rings (SSSR count). The zero-order chi connectivity index (χ0) is 26.7. The fraction of sp³-hybridized carbons (Fsp3) is 0.667. The lowest BCUT2D eigenvalue weighted by molar-refractivity contribution is -0.138. The van der Waals surface area contributed by atoms with E-state index in [1.165, 1.54) is 14.0 Å². The summed E-state index contributed by atoms with van der Waals surface area (Å²) in [7, 11) is -2.44. The Bertz CT molecular complexity index is 1150. The van der Waals surface area contributed by atoms with E-state index in [0.29, 0.717) is 29.9 Å². The number of methoxy groups -OCH3 is 1. The van der Waals surface area contributed by atoms with Gasteiger partial charge >= 0.3 is 13.7 Å². The number of hydrogen-bond donors (Lipinski definition) is 3. The first-order valence-corrected chi connectivity index (χ1v) is 14.0. The number of aromatic nitrogens is 4. The molecule has 1 aliphatic carbocycles. The highest BCUT2D eigenvalue weighted by Gasteiger charge is 2.36. The summed E-state index contributed by atoms with van der Waals surface area (Å²) in [5, 5.41) is 11.6. The van der Waals surface area contributed by atoms with E-state index in [-0.39, 0.29) is 42.0 Å². The number of thioether (sulfide) groups is 1. The van der Waals surface area contributed by atoms with Gasteiger partial charge in [-0.3, -0.25) is 18.6 Å². The summed E-state index contributed by atoms with van der Waals surface area (Å²) in [6.07, 6.45) is 3.05. The molecular formula is C21H33N6O7PS. The summed E-state index contributed by atoms with van der Waals surface area (Å²) in [6.45, 7) is 6.85. The van der Waals surface area contributed by atoms with Crippen molar-refractivity contribution in [2.75, 3.05) is 31.8 Å². The highest BCUT2D eigenvalue weighted by atomic mass is 32.2. The minimum absolute atomic E-state index is 0.0223. The maximum absolute atomic E-state index is 13.2. The molecule has 2 atom stereocenters. The summed E-state index contributed by atoms with van der Waals surface area (Å²) >= 11 is 1.07. The topological polar surface area (TPSA) is 181 Å². The third-order valence-electron chi connectivity index (χ3n) is 5.60. The molecule has 1 aliphatic rings. The number of anilines is 1. The van der Waals surface area contributed by atoms with Crippen LogP contribution < -0.4 is 15.6 Å². The van der Waals surface area contributed by atoms with Gasteiger partial charge in [-0.05, 0) is 25.7 Å². The average Bonchev–Trinajstić information content (AvgIpc) is 3.17. The van der Waals surface area contributed by atoms with Gasteiger partial charge in [0, 0.05) is 17.2 Å². The molecule has 15 heteroatoms. The van der Waals surface area contributed by atoms with Gasteiger partial charge < -0.3 is 20.1 Å². The molecule has 0 aliphatic heterocycles. The Balaban J connectivity index is 1.57. The van der Waals surface area contributed by atoms with E-state index in [4.69, 9.17) is 19.5 Å². The van der Waals surface area contributed by atoms with Gasteiger partial charge in [0.25, 0.3) is 0 Å². The van der Waals surface area contributed by atoms with Crippen LogP contribution in [0.1, 0.15) is 46.6 Å². The van der Waals surface area contributed by atoms with Crippen molar-refractivity contribution in [3.8, 4) is 5.88 Å². The molecule has 2 heterocycles. The minimum atomic E-state index is -3.93. The van der Waals surface area contributed by atoms with Gasteiger partial charge in [-0.15, -0.1) is 0 Å². The standard InChI is InChI=1S/C21H33N6O7PS/c1-12(18(28)29)26-35(31,33-6-7-36-19(30)21(2,3)4)34-10-13-8-14(9-13)27-11-23-15-16(27)24-20(22)25-17(15)32-5/h11-14H,6-10H2,1-5H3,(H,26,31)(H,28,29)(H2,22,24,25)/t12-,13-,14+,35?/m0/s1. The molecule has 1 saturated carbocycles. The zero-order valence-corrected chi connectivity index (χ0v) is 22.7. The number of hydrogen-bond acceptors (Lipinski definition) is 11. The van der Waals surface area contributed by atoms with Crippen LogP contribution in [-0.4, -0.2) is 67.8 Å². The summed E-state index contributed by atoms with van der Waals surface area (Å²) in [5.74, 6) is -0.481. The van der Waals surface area contributed by atoms with E-state index in [2.05, 4.69) is 20.0 Å². The van der Waals surface area contributed by atoms with Crippen LogP contribution in [0.5, 0.6) is 5.88 Å². The Kier molecular flexibility index (Phi) is 8.99. The lowest BCUT2D eigenvalue weighted by Gasteiger charge is -2.36. The number of nitrogens with zero attached hydrogens (tertiary/aromatic N) is 4. The predicted molar refractivity (Wildman–Crippen MR) is 135 cm³/mol.